The summed E-state index contributed by atoms with van der Waals surface area (Å²) >= 11 is 0. The van der Waals surface area contributed by atoms with Gasteiger partial charge in [0.15, 0.2) is 0 Å². The van der Waals surface area contributed by atoms with Crippen LogP contribution in [0.5, 0.6) is 11.5 Å². The number of hydrogen-bond donors (Lipinski definition) is 0. The highest BCUT2D eigenvalue weighted by Gasteiger charge is 2.71. The molecule has 10 heteroatoms. The Hall–Kier alpha value is -4.47. The molecule has 2 bridgehead atoms. The molecule has 2 aliphatic heterocycles. The van der Waals surface area contributed by atoms with Gasteiger partial charge in [-0.2, -0.15) is 0 Å². The van der Waals surface area contributed by atoms with Crippen LogP contribution in [0.4, 0.5) is 11.4 Å². The van der Waals surface area contributed by atoms with E-state index in [-0.39, 0.29) is 12.2 Å². The van der Waals surface area contributed by atoms with Gasteiger partial charge in [-0.1, -0.05) is 6.08 Å². The third-order valence-electron chi connectivity index (χ3n) is 8.30. The van der Waals surface area contributed by atoms with Gasteiger partial charge in [-0.25, -0.2) is 4.79 Å². The van der Waals surface area contributed by atoms with Crippen molar-refractivity contribution in [2.75, 3.05) is 30.6 Å². The van der Waals surface area contributed by atoms with Crippen LogP contribution in [0.3, 0.4) is 0 Å². The Morgan fingerprint density at radius 2 is 1.08 bits per heavy atom. The fourth-order valence-electron chi connectivity index (χ4n) is 6.74. The van der Waals surface area contributed by atoms with Crippen molar-refractivity contribution in [3.05, 3.63) is 60.2 Å². The fraction of sp³-hybridized carbons (Fsp3) is 0.345. The van der Waals surface area contributed by atoms with Gasteiger partial charge in [-0.15, -0.1) is 0 Å². The predicted octanol–water partition coefficient (Wildman–Crippen LogP) is 2.36. The van der Waals surface area contributed by atoms with E-state index in [0.29, 0.717) is 22.9 Å². The zero-order chi connectivity index (χ0) is 27.6. The fourth-order valence-corrected chi connectivity index (χ4v) is 6.74. The molecule has 0 N–H and O–H groups in total. The zero-order valence-corrected chi connectivity index (χ0v) is 21.5. The summed E-state index contributed by atoms with van der Waals surface area (Å²) in [5.41, 5.74) is 0.903. The Kier molecular flexibility index (Phi) is 5.78. The van der Waals surface area contributed by atoms with E-state index in [9.17, 15) is 24.0 Å². The standard InChI is InChI=1S/C29H26N2O8/c1-4-39-29(36)19-13-18-21-23(27(34)30(25(21)32)14-5-9-16(37-2)10-6-14)20(19)24-22(18)26(33)31(28(24)35)15-7-11-17(38-3)12-8-15/h5-13,18,20-24H,4H2,1-3H3/t18?,20?,21-,22-,23+,24+/m0/s1. The maximum atomic E-state index is 13.9. The average Bonchev–Trinajstić information content (AvgIpc) is 3.39. The number of nitrogens with zero attached hydrogens (tertiary/aromatic N) is 2. The number of imide groups is 2. The van der Waals surface area contributed by atoms with Crippen LogP contribution in [-0.2, 0) is 28.7 Å². The first kappa shape index (κ1) is 24.8. The summed E-state index contributed by atoms with van der Waals surface area (Å²) < 4.78 is 15.6. The first-order valence-electron chi connectivity index (χ1n) is 12.7. The molecular weight excluding hydrogens is 504 g/mol. The molecule has 2 aromatic rings. The molecule has 2 heterocycles. The van der Waals surface area contributed by atoms with Gasteiger partial charge in [0.05, 0.1) is 55.9 Å². The molecule has 4 amide bonds. The van der Waals surface area contributed by atoms with Crippen LogP contribution in [0.1, 0.15) is 6.92 Å². The van der Waals surface area contributed by atoms with Crippen LogP contribution in [0.25, 0.3) is 0 Å². The number of amides is 4. The number of hydrogen-bond acceptors (Lipinski definition) is 8. The molecule has 5 aliphatic rings. The number of ether oxygens (including phenoxy) is 3. The molecule has 0 aromatic heterocycles. The third kappa shape index (κ3) is 3.43. The number of esters is 1. The van der Waals surface area contributed by atoms with Crippen molar-refractivity contribution in [1.29, 1.82) is 0 Å². The van der Waals surface area contributed by atoms with Crippen molar-refractivity contribution in [2.45, 2.75) is 6.92 Å². The summed E-state index contributed by atoms with van der Waals surface area (Å²) in [7, 11) is 3.02. The highest BCUT2D eigenvalue weighted by Crippen LogP contribution is 2.61. The minimum absolute atomic E-state index is 0.103. The lowest BCUT2D eigenvalue weighted by atomic mass is 9.52. The summed E-state index contributed by atoms with van der Waals surface area (Å²) in [5, 5.41) is 0. The van der Waals surface area contributed by atoms with Crippen molar-refractivity contribution >= 4 is 41.0 Å². The Morgan fingerprint density at radius 3 is 1.46 bits per heavy atom. The Labute approximate surface area is 224 Å². The lowest BCUT2D eigenvalue weighted by Gasteiger charge is -2.46. The van der Waals surface area contributed by atoms with Gasteiger partial charge in [0.25, 0.3) is 0 Å². The van der Waals surface area contributed by atoms with E-state index in [1.165, 1.54) is 14.2 Å². The molecule has 1 saturated carbocycles. The van der Waals surface area contributed by atoms with Crippen LogP contribution < -0.4 is 19.3 Å². The number of rotatable bonds is 6. The molecule has 2 saturated heterocycles. The van der Waals surface area contributed by atoms with Crippen molar-refractivity contribution < 1.29 is 38.2 Å². The van der Waals surface area contributed by atoms with E-state index >= 15 is 0 Å². The largest absolute Gasteiger partial charge is 0.497 e. The van der Waals surface area contributed by atoms with E-state index in [1.54, 1.807) is 61.5 Å². The van der Waals surface area contributed by atoms with Crippen LogP contribution in [-0.4, -0.2) is 50.4 Å². The van der Waals surface area contributed by atoms with Crippen LogP contribution >= 0.6 is 0 Å². The molecule has 39 heavy (non-hydrogen) atoms. The van der Waals surface area contributed by atoms with Gasteiger partial charge in [0, 0.05) is 17.4 Å². The van der Waals surface area contributed by atoms with Gasteiger partial charge in [0.2, 0.25) is 23.6 Å². The topological polar surface area (TPSA) is 120 Å². The number of allylic oxidation sites excluding steroid dienone is 1. The third-order valence-corrected chi connectivity index (χ3v) is 8.30. The number of methoxy groups -OCH3 is 2. The molecule has 4 atom stereocenters. The molecule has 0 unspecified atom stereocenters. The summed E-state index contributed by atoms with van der Waals surface area (Å²) in [6.45, 7) is 1.77. The van der Waals surface area contributed by atoms with E-state index in [1.807, 2.05) is 0 Å². The Balaban J connectivity index is 1.43. The smallest absolute Gasteiger partial charge is 0.334 e. The number of carbonyl (C=O) groups is 5. The maximum Gasteiger partial charge on any atom is 0.334 e. The first-order chi connectivity index (χ1) is 18.8. The average molecular weight is 531 g/mol. The molecule has 2 aromatic carbocycles. The van der Waals surface area contributed by atoms with Crippen molar-refractivity contribution in [3.63, 3.8) is 0 Å². The number of benzene rings is 2. The molecule has 0 radical (unpaired) electrons. The van der Waals surface area contributed by atoms with E-state index in [2.05, 4.69) is 0 Å². The molecule has 3 aliphatic carbocycles. The van der Waals surface area contributed by atoms with Crippen LogP contribution in [0, 0.1) is 35.5 Å². The van der Waals surface area contributed by atoms with Gasteiger partial charge in [-0.05, 0) is 55.5 Å². The molecule has 0 spiro atoms. The van der Waals surface area contributed by atoms with Crippen LogP contribution in [0.15, 0.2) is 60.2 Å². The Bertz CT molecular complexity index is 1340. The Morgan fingerprint density at radius 1 is 0.667 bits per heavy atom. The van der Waals surface area contributed by atoms with E-state index in [4.69, 9.17) is 14.2 Å². The lowest BCUT2D eigenvalue weighted by Crippen LogP contribution is -2.53. The highest BCUT2D eigenvalue weighted by molar-refractivity contribution is 6.27. The number of carbonyl (C=O) groups excluding carboxylic acids is 5. The first-order valence-corrected chi connectivity index (χ1v) is 12.7. The summed E-state index contributed by atoms with van der Waals surface area (Å²) in [5.74, 6) is -6.90. The second-order valence-electron chi connectivity index (χ2n) is 9.97. The molecule has 7 rings (SSSR count). The molecule has 3 fully saturated rings. The quantitative estimate of drug-likeness (QED) is 0.413. The predicted molar refractivity (Wildman–Crippen MR) is 137 cm³/mol. The monoisotopic (exact) mass is 530 g/mol. The summed E-state index contributed by atoms with van der Waals surface area (Å²) in [6, 6.07) is 13.0. The summed E-state index contributed by atoms with van der Waals surface area (Å²) in [6.07, 6.45) is 1.59. The number of anilines is 2. The normalized spacial score (nSPS) is 28.8. The van der Waals surface area contributed by atoms with Gasteiger partial charge < -0.3 is 14.2 Å². The summed E-state index contributed by atoms with van der Waals surface area (Å²) in [4.78, 5) is 70.6. The highest BCUT2D eigenvalue weighted by atomic mass is 16.5. The SMILES string of the molecule is CCOC(=O)C1=CC2[C@@H]3C(=O)N(c4ccc(OC)cc4)C(=O)[C@@H]3C1[C@H]1C(=O)N(c3ccc(OC)cc3)C(=O)[C@@H]21. The van der Waals surface area contributed by atoms with Gasteiger partial charge >= 0.3 is 5.97 Å². The molecule has 10 nitrogen and oxygen atoms in total. The maximum absolute atomic E-state index is 13.9. The van der Waals surface area contributed by atoms with Gasteiger partial charge in [0.1, 0.15) is 11.5 Å². The van der Waals surface area contributed by atoms with E-state index < -0.39 is 65.1 Å². The van der Waals surface area contributed by atoms with E-state index in [0.717, 1.165) is 9.80 Å². The lowest BCUT2D eigenvalue weighted by molar-refractivity contribution is -0.146. The van der Waals surface area contributed by atoms with Crippen molar-refractivity contribution in [3.8, 4) is 11.5 Å². The second-order valence-corrected chi connectivity index (χ2v) is 9.97. The minimum atomic E-state index is -0.970. The second kappa shape index (κ2) is 9.07. The molecule has 200 valence electrons. The van der Waals surface area contributed by atoms with Gasteiger partial charge in [-0.3, -0.25) is 29.0 Å². The molecular formula is C29H26N2O8. The van der Waals surface area contributed by atoms with Crippen molar-refractivity contribution in [2.24, 2.45) is 35.5 Å². The zero-order valence-electron chi connectivity index (χ0n) is 21.5. The minimum Gasteiger partial charge on any atom is -0.497 e. The van der Waals surface area contributed by atoms with Crippen molar-refractivity contribution in [1.82, 2.24) is 0 Å². The van der Waals surface area contributed by atoms with Crippen LogP contribution in [0.2, 0.25) is 0 Å².